The predicted octanol–water partition coefficient (Wildman–Crippen LogP) is 3.65. The molecule has 0 spiro atoms. The number of rotatable bonds is 3. The highest BCUT2D eigenvalue weighted by Gasteiger charge is 2.05. The predicted molar refractivity (Wildman–Crippen MR) is 69.0 cm³/mol. The highest BCUT2D eigenvalue weighted by molar-refractivity contribution is 5.96. The van der Waals surface area contributed by atoms with E-state index in [0.717, 1.165) is 22.3 Å². The molecule has 0 bridgehead atoms. The molecule has 1 aromatic carbocycles. The molecule has 2 rings (SSSR count). The van der Waals surface area contributed by atoms with Gasteiger partial charge in [0.05, 0.1) is 0 Å². The molecule has 0 atom stereocenters. The van der Waals surface area contributed by atoms with Crippen LogP contribution in [0.15, 0.2) is 42.7 Å². The molecule has 0 aliphatic carbocycles. The molecule has 86 valence electrons. The van der Waals surface area contributed by atoms with Crippen LogP contribution in [0.1, 0.15) is 29.3 Å². The number of pyridine rings is 1. The van der Waals surface area contributed by atoms with Crippen molar-refractivity contribution in [3.05, 3.63) is 53.9 Å². The van der Waals surface area contributed by atoms with E-state index in [9.17, 15) is 4.79 Å². The Morgan fingerprint density at radius 2 is 2.00 bits per heavy atom. The smallest absolute Gasteiger partial charge is 0.162 e. The fourth-order valence-electron chi connectivity index (χ4n) is 1.79. The van der Waals surface area contributed by atoms with Crippen LogP contribution in [0.4, 0.5) is 0 Å². The van der Waals surface area contributed by atoms with Crippen LogP contribution in [0.3, 0.4) is 0 Å². The summed E-state index contributed by atoms with van der Waals surface area (Å²) < 4.78 is 0. The normalized spacial score (nSPS) is 10.2. The van der Waals surface area contributed by atoms with Gasteiger partial charge in [0.15, 0.2) is 5.78 Å². The molecule has 0 aliphatic rings. The Balaban J connectivity index is 2.43. The van der Waals surface area contributed by atoms with Crippen molar-refractivity contribution >= 4 is 5.78 Å². The van der Waals surface area contributed by atoms with E-state index >= 15 is 0 Å². The molecule has 0 amide bonds. The number of carbonyl (C=O) groups excluding carboxylic acids is 1. The lowest BCUT2D eigenvalue weighted by Crippen LogP contribution is -1.96. The van der Waals surface area contributed by atoms with Gasteiger partial charge in [-0.25, -0.2) is 0 Å². The number of aromatic nitrogens is 1. The summed E-state index contributed by atoms with van der Waals surface area (Å²) in [5.41, 5.74) is 3.98. The first-order valence-corrected chi connectivity index (χ1v) is 5.76. The van der Waals surface area contributed by atoms with Crippen molar-refractivity contribution in [2.75, 3.05) is 0 Å². The number of benzene rings is 1. The number of ketones is 1. The first-order chi connectivity index (χ1) is 8.20. The van der Waals surface area contributed by atoms with Gasteiger partial charge in [0.25, 0.3) is 0 Å². The van der Waals surface area contributed by atoms with E-state index in [4.69, 9.17) is 0 Å². The third kappa shape index (κ3) is 2.59. The summed E-state index contributed by atoms with van der Waals surface area (Å²) in [4.78, 5) is 15.8. The Morgan fingerprint density at radius 1 is 1.18 bits per heavy atom. The zero-order chi connectivity index (χ0) is 12.3. The fourth-order valence-corrected chi connectivity index (χ4v) is 1.79. The topological polar surface area (TPSA) is 30.0 Å². The number of carbonyl (C=O) groups is 1. The second-order valence-corrected chi connectivity index (χ2v) is 4.11. The number of nitrogens with zero attached hydrogens (tertiary/aromatic N) is 1. The third-order valence-electron chi connectivity index (χ3n) is 2.71. The summed E-state index contributed by atoms with van der Waals surface area (Å²) in [5, 5.41) is 0. The lowest BCUT2D eigenvalue weighted by molar-refractivity contribution is 0.0988. The summed E-state index contributed by atoms with van der Waals surface area (Å²) in [6.07, 6.45) is 4.18. The molecule has 0 fully saturated rings. The van der Waals surface area contributed by atoms with Gasteiger partial charge in [-0.3, -0.25) is 9.78 Å². The van der Waals surface area contributed by atoms with Gasteiger partial charge in [-0.15, -0.1) is 0 Å². The molecule has 0 saturated carbocycles. The molecule has 0 radical (unpaired) electrons. The van der Waals surface area contributed by atoms with Gasteiger partial charge < -0.3 is 0 Å². The average molecular weight is 225 g/mol. The minimum absolute atomic E-state index is 0.174. The van der Waals surface area contributed by atoms with E-state index in [0.29, 0.717) is 6.42 Å². The van der Waals surface area contributed by atoms with Gasteiger partial charge in [-0.1, -0.05) is 25.1 Å². The molecule has 2 aromatic rings. The zero-order valence-electron chi connectivity index (χ0n) is 10.1. The van der Waals surface area contributed by atoms with Crippen molar-refractivity contribution in [1.82, 2.24) is 4.98 Å². The maximum Gasteiger partial charge on any atom is 0.162 e. The molecule has 1 aromatic heterocycles. The van der Waals surface area contributed by atoms with E-state index in [2.05, 4.69) is 11.1 Å². The lowest BCUT2D eigenvalue weighted by Gasteiger charge is -2.04. The van der Waals surface area contributed by atoms with Gasteiger partial charge in [-0.05, 0) is 30.2 Å². The van der Waals surface area contributed by atoms with Crippen molar-refractivity contribution in [1.29, 1.82) is 0 Å². The molecule has 2 nitrogen and oxygen atoms in total. The van der Waals surface area contributed by atoms with E-state index in [1.165, 1.54) is 0 Å². The Morgan fingerprint density at radius 3 is 2.71 bits per heavy atom. The van der Waals surface area contributed by atoms with Crippen molar-refractivity contribution in [3.8, 4) is 11.1 Å². The molecule has 17 heavy (non-hydrogen) atoms. The van der Waals surface area contributed by atoms with Crippen LogP contribution in [0.2, 0.25) is 0 Å². The fraction of sp³-hybridized carbons (Fsp3) is 0.200. The van der Waals surface area contributed by atoms with Crippen LogP contribution in [-0.2, 0) is 0 Å². The summed E-state index contributed by atoms with van der Waals surface area (Å²) in [6, 6.07) is 9.78. The number of hydrogen-bond donors (Lipinski definition) is 0. The van der Waals surface area contributed by atoms with Crippen molar-refractivity contribution in [3.63, 3.8) is 0 Å². The molecular formula is C15H15NO. The van der Waals surface area contributed by atoms with E-state index < -0.39 is 0 Å². The molecule has 0 saturated heterocycles. The van der Waals surface area contributed by atoms with Gasteiger partial charge in [0, 0.05) is 29.9 Å². The minimum Gasteiger partial charge on any atom is -0.294 e. The summed E-state index contributed by atoms with van der Waals surface area (Å²) in [7, 11) is 0. The Labute approximate surface area is 101 Å². The second-order valence-electron chi connectivity index (χ2n) is 4.11. The SMILES string of the molecule is CCC(=O)c1cccc(-c2cncc(C)c2)c1. The lowest BCUT2D eigenvalue weighted by atomic mass is 10.0. The van der Waals surface area contributed by atoms with Crippen LogP contribution >= 0.6 is 0 Å². The molecular weight excluding hydrogens is 210 g/mol. The van der Waals surface area contributed by atoms with Crippen LogP contribution in [0, 0.1) is 6.92 Å². The van der Waals surface area contributed by atoms with Crippen LogP contribution in [-0.4, -0.2) is 10.8 Å². The number of hydrogen-bond acceptors (Lipinski definition) is 2. The maximum absolute atomic E-state index is 11.6. The summed E-state index contributed by atoms with van der Waals surface area (Å²) in [6.45, 7) is 3.89. The first-order valence-electron chi connectivity index (χ1n) is 5.76. The Kier molecular flexibility index (Phi) is 3.33. The van der Waals surface area contributed by atoms with Crippen LogP contribution in [0.5, 0.6) is 0 Å². The molecule has 0 N–H and O–H groups in total. The highest BCUT2D eigenvalue weighted by Crippen LogP contribution is 2.21. The maximum atomic E-state index is 11.6. The van der Waals surface area contributed by atoms with Gasteiger partial charge in [-0.2, -0.15) is 0 Å². The first kappa shape index (κ1) is 11.5. The second kappa shape index (κ2) is 4.91. The quantitative estimate of drug-likeness (QED) is 0.746. The van der Waals surface area contributed by atoms with Gasteiger partial charge >= 0.3 is 0 Å². The Hall–Kier alpha value is -1.96. The van der Waals surface area contributed by atoms with Crippen molar-refractivity contribution in [2.45, 2.75) is 20.3 Å². The molecule has 2 heteroatoms. The average Bonchev–Trinajstić information content (AvgIpc) is 2.38. The zero-order valence-corrected chi connectivity index (χ0v) is 10.1. The van der Waals surface area contributed by atoms with E-state index in [1.54, 1.807) is 0 Å². The van der Waals surface area contributed by atoms with Crippen LogP contribution < -0.4 is 0 Å². The highest BCUT2D eigenvalue weighted by atomic mass is 16.1. The number of aryl methyl sites for hydroxylation is 1. The number of Topliss-reactive ketones (excluding diaryl/α,β-unsaturated/α-hetero) is 1. The largest absolute Gasteiger partial charge is 0.294 e. The minimum atomic E-state index is 0.174. The molecule has 0 unspecified atom stereocenters. The summed E-state index contributed by atoms with van der Waals surface area (Å²) >= 11 is 0. The Bertz CT molecular complexity index is 546. The van der Waals surface area contributed by atoms with Gasteiger partial charge in [0.1, 0.15) is 0 Å². The molecule has 1 heterocycles. The van der Waals surface area contributed by atoms with E-state index in [-0.39, 0.29) is 5.78 Å². The monoisotopic (exact) mass is 225 g/mol. The summed E-state index contributed by atoms with van der Waals surface area (Å²) in [5.74, 6) is 0.174. The van der Waals surface area contributed by atoms with Crippen LogP contribution in [0.25, 0.3) is 11.1 Å². The van der Waals surface area contributed by atoms with Gasteiger partial charge in [0.2, 0.25) is 0 Å². The van der Waals surface area contributed by atoms with Crippen molar-refractivity contribution in [2.24, 2.45) is 0 Å². The standard InChI is InChI=1S/C15H15NO/c1-3-15(17)13-6-4-5-12(8-13)14-7-11(2)9-16-10-14/h4-10H,3H2,1-2H3. The van der Waals surface area contributed by atoms with E-state index in [1.807, 2.05) is 50.5 Å². The molecule has 0 aliphatic heterocycles. The third-order valence-corrected chi connectivity index (χ3v) is 2.71. The van der Waals surface area contributed by atoms with Crippen molar-refractivity contribution < 1.29 is 4.79 Å².